The lowest BCUT2D eigenvalue weighted by Gasteiger charge is -2.33. The Morgan fingerprint density at radius 2 is 2.04 bits per heavy atom. The minimum absolute atomic E-state index is 0.0250. The molecular weight excluding hydrogens is 326 g/mol. The third-order valence-electron chi connectivity index (χ3n) is 6.60. The number of amides is 1. The van der Waals surface area contributed by atoms with Crippen LogP contribution in [0.4, 0.5) is 0 Å². The molecule has 26 heavy (non-hydrogen) atoms. The summed E-state index contributed by atoms with van der Waals surface area (Å²) >= 11 is 0. The van der Waals surface area contributed by atoms with Crippen molar-refractivity contribution in [1.82, 2.24) is 24.8 Å². The van der Waals surface area contributed by atoms with Crippen molar-refractivity contribution in [2.75, 3.05) is 13.1 Å². The van der Waals surface area contributed by atoms with Gasteiger partial charge >= 0.3 is 0 Å². The van der Waals surface area contributed by atoms with Gasteiger partial charge in [0.2, 0.25) is 5.91 Å². The minimum Gasteiger partial charge on any atom is -0.341 e. The Morgan fingerprint density at radius 3 is 2.96 bits per heavy atom. The number of aromatic nitrogens is 3. The first-order chi connectivity index (χ1) is 12.8. The average Bonchev–Trinajstić information content (AvgIpc) is 3.31. The van der Waals surface area contributed by atoms with E-state index >= 15 is 0 Å². The summed E-state index contributed by atoms with van der Waals surface area (Å²) in [6.45, 7) is 1.64. The molecule has 1 aliphatic carbocycles. The summed E-state index contributed by atoms with van der Waals surface area (Å²) in [6, 6.07) is 6.56. The van der Waals surface area contributed by atoms with Crippen LogP contribution in [0.5, 0.6) is 0 Å². The number of fused-ring (bicyclic) bond motifs is 2. The molecule has 3 fully saturated rings. The molecule has 0 radical (unpaired) electrons. The highest BCUT2D eigenvalue weighted by atomic mass is 16.2. The number of rotatable bonds is 2. The van der Waals surface area contributed by atoms with E-state index < -0.39 is 0 Å². The number of likely N-dealkylation sites (tertiary alicyclic amines) is 1. The summed E-state index contributed by atoms with van der Waals surface area (Å²) in [5, 5.41) is 12.4. The van der Waals surface area contributed by atoms with Crippen LogP contribution in [0.1, 0.15) is 56.7 Å². The summed E-state index contributed by atoms with van der Waals surface area (Å²) in [7, 11) is 0. The zero-order valence-corrected chi connectivity index (χ0v) is 15.2. The standard InChI is InChI=1S/C20H27N5O/c26-20(17-12-14-6-1-2-8-16(14)21-17)24-10-5-7-15(13-24)19-23-22-18-9-3-4-11-25(18)19/h3-4,9,11,14-17,21H,1-2,5-8,10,12-13H2. The number of nitrogens with zero attached hydrogens (tertiary/aromatic N) is 4. The predicted molar refractivity (Wildman–Crippen MR) is 98.8 cm³/mol. The Kier molecular flexibility index (Phi) is 4.15. The van der Waals surface area contributed by atoms with Crippen LogP contribution in [0.15, 0.2) is 24.4 Å². The SMILES string of the molecule is O=C(C1CC2CCCCC2N1)N1CCCC(c2nnc3ccccn23)C1. The smallest absolute Gasteiger partial charge is 0.239 e. The van der Waals surface area contributed by atoms with Crippen LogP contribution in [-0.4, -0.2) is 50.6 Å². The molecule has 2 aliphatic heterocycles. The molecular formula is C20H27N5O. The van der Waals surface area contributed by atoms with Gasteiger partial charge in [0.05, 0.1) is 6.04 Å². The van der Waals surface area contributed by atoms with Crippen LogP contribution < -0.4 is 5.32 Å². The first-order valence-corrected chi connectivity index (χ1v) is 10.1. The molecule has 1 saturated carbocycles. The van der Waals surface area contributed by atoms with Gasteiger partial charge in [-0.05, 0) is 50.2 Å². The summed E-state index contributed by atoms with van der Waals surface area (Å²) in [6.07, 6.45) is 10.3. The number of hydrogen-bond donors (Lipinski definition) is 1. The first-order valence-electron chi connectivity index (χ1n) is 10.1. The van der Waals surface area contributed by atoms with Crippen molar-refractivity contribution in [2.45, 2.75) is 62.9 Å². The topological polar surface area (TPSA) is 62.5 Å². The molecule has 4 atom stereocenters. The first kappa shape index (κ1) is 16.2. The number of carbonyl (C=O) groups excluding carboxylic acids is 1. The number of piperidine rings is 1. The molecule has 2 aromatic rings. The van der Waals surface area contributed by atoms with Gasteiger partial charge in [-0.2, -0.15) is 0 Å². The molecule has 6 nitrogen and oxygen atoms in total. The van der Waals surface area contributed by atoms with E-state index in [0.29, 0.717) is 17.9 Å². The van der Waals surface area contributed by atoms with E-state index in [2.05, 4.69) is 24.8 Å². The van der Waals surface area contributed by atoms with Gasteiger partial charge in [-0.1, -0.05) is 18.9 Å². The third kappa shape index (κ3) is 2.80. The molecule has 3 aliphatic rings. The molecule has 0 bridgehead atoms. The monoisotopic (exact) mass is 353 g/mol. The van der Waals surface area contributed by atoms with Crippen LogP contribution in [0.3, 0.4) is 0 Å². The number of nitrogens with one attached hydrogen (secondary N) is 1. The lowest BCUT2D eigenvalue weighted by atomic mass is 9.85. The molecule has 4 unspecified atom stereocenters. The van der Waals surface area contributed by atoms with Crippen LogP contribution in [-0.2, 0) is 4.79 Å². The average molecular weight is 353 g/mol. The van der Waals surface area contributed by atoms with Gasteiger partial charge in [-0.3, -0.25) is 9.20 Å². The summed E-state index contributed by atoms with van der Waals surface area (Å²) in [4.78, 5) is 15.2. The number of pyridine rings is 1. The maximum absolute atomic E-state index is 13.1. The maximum atomic E-state index is 13.1. The fourth-order valence-electron chi connectivity index (χ4n) is 5.26. The Labute approximate surface area is 154 Å². The predicted octanol–water partition coefficient (Wildman–Crippen LogP) is 2.36. The molecule has 0 spiro atoms. The van der Waals surface area contributed by atoms with Crippen LogP contribution >= 0.6 is 0 Å². The second-order valence-electron chi connectivity index (χ2n) is 8.22. The highest BCUT2D eigenvalue weighted by Crippen LogP contribution is 2.34. The molecule has 2 saturated heterocycles. The van der Waals surface area contributed by atoms with E-state index in [1.54, 1.807) is 0 Å². The molecule has 1 amide bonds. The maximum Gasteiger partial charge on any atom is 0.239 e. The van der Waals surface area contributed by atoms with E-state index in [4.69, 9.17) is 0 Å². The van der Waals surface area contributed by atoms with Crippen molar-refractivity contribution in [3.8, 4) is 0 Å². The van der Waals surface area contributed by atoms with E-state index in [0.717, 1.165) is 43.8 Å². The molecule has 6 heteroatoms. The van der Waals surface area contributed by atoms with Crippen molar-refractivity contribution in [2.24, 2.45) is 5.92 Å². The highest BCUT2D eigenvalue weighted by Gasteiger charge is 2.40. The van der Waals surface area contributed by atoms with Crippen molar-refractivity contribution < 1.29 is 4.79 Å². The van der Waals surface area contributed by atoms with Crippen LogP contribution in [0.2, 0.25) is 0 Å². The minimum atomic E-state index is 0.0250. The van der Waals surface area contributed by atoms with Gasteiger partial charge in [-0.25, -0.2) is 0 Å². The Hall–Kier alpha value is -1.95. The molecule has 0 aromatic carbocycles. The third-order valence-corrected chi connectivity index (χ3v) is 6.60. The van der Waals surface area contributed by atoms with Crippen LogP contribution in [0.25, 0.3) is 5.65 Å². The number of hydrogen-bond acceptors (Lipinski definition) is 4. The molecule has 4 heterocycles. The van der Waals surface area contributed by atoms with Crippen molar-refractivity contribution in [3.63, 3.8) is 0 Å². The van der Waals surface area contributed by atoms with E-state index in [9.17, 15) is 4.79 Å². The Balaban J connectivity index is 1.30. The molecule has 1 N–H and O–H groups in total. The van der Waals surface area contributed by atoms with Gasteiger partial charge in [-0.15, -0.1) is 10.2 Å². The normalized spacial score (nSPS) is 31.9. The second kappa shape index (κ2) is 6.65. The molecule has 138 valence electrons. The van der Waals surface area contributed by atoms with Gasteiger partial charge in [0, 0.05) is 31.2 Å². The Bertz CT molecular complexity index is 788. The fourth-order valence-corrected chi connectivity index (χ4v) is 5.26. The quantitative estimate of drug-likeness (QED) is 0.900. The van der Waals surface area contributed by atoms with E-state index in [1.165, 1.54) is 25.7 Å². The summed E-state index contributed by atoms with van der Waals surface area (Å²) < 4.78 is 2.07. The van der Waals surface area contributed by atoms with Crippen molar-refractivity contribution >= 4 is 11.6 Å². The zero-order chi connectivity index (χ0) is 17.5. The van der Waals surface area contributed by atoms with Gasteiger partial charge in [0.25, 0.3) is 0 Å². The highest BCUT2D eigenvalue weighted by molar-refractivity contribution is 5.82. The van der Waals surface area contributed by atoms with Crippen molar-refractivity contribution in [3.05, 3.63) is 30.2 Å². The van der Waals surface area contributed by atoms with E-state index in [-0.39, 0.29) is 12.0 Å². The lowest BCUT2D eigenvalue weighted by Crippen LogP contribution is -2.48. The largest absolute Gasteiger partial charge is 0.341 e. The second-order valence-corrected chi connectivity index (χ2v) is 8.22. The van der Waals surface area contributed by atoms with Gasteiger partial charge < -0.3 is 10.2 Å². The summed E-state index contributed by atoms with van der Waals surface area (Å²) in [5.41, 5.74) is 0.882. The van der Waals surface area contributed by atoms with Crippen LogP contribution in [0, 0.1) is 5.92 Å². The Morgan fingerprint density at radius 1 is 1.12 bits per heavy atom. The molecule has 5 rings (SSSR count). The van der Waals surface area contributed by atoms with Gasteiger partial charge in [0.15, 0.2) is 5.65 Å². The fraction of sp³-hybridized carbons (Fsp3) is 0.650. The lowest BCUT2D eigenvalue weighted by molar-refractivity contribution is -0.134. The summed E-state index contributed by atoms with van der Waals surface area (Å²) in [5.74, 6) is 2.27. The zero-order valence-electron chi connectivity index (χ0n) is 15.2. The van der Waals surface area contributed by atoms with Crippen molar-refractivity contribution in [1.29, 1.82) is 0 Å². The molecule has 2 aromatic heterocycles. The van der Waals surface area contributed by atoms with Gasteiger partial charge in [0.1, 0.15) is 5.82 Å². The number of carbonyl (C=O) groups is 1. The van der Waals surface area contributed by atoms with E-state index in [1.807, 2.05) is 24.4 Å².